The molecule has 0 atom stereocenters. The molecule has 0 unspecified atom stereocenters. The molecular weight excluding hydrogens is 226 g/mol. The highest BCUT2D eigenvalue weighted by molar-refractivity contribution is 5.49. The number of nitrogens with zero attached hydrogens (tertiary/aromatic N) is 4. The second kappa shape index (κ2) is 7.16. The lowest BCUT2D eigenvalue weighted by molar-refractivity contribution is 0.706. The molecule has 0 aliphatic carbocycles. The van der Waals surface area contributed by atoms with Gasteiger partial charge in [-0.05, 0) is 33.9 Å². The van der Waals surface area contributed by atoms with Gasteiger partial charge in [0, 0.05) is 32.7 Å². The fourth-order valence-electron chi connectivity index (χ4n) is 1.61. The lowest BCUT2D eigenvalue weighted by atomic mass is 10.3. The highest BCUT2D eigenvalue weighted by Crippen LogP contribution is 2.17. The predicted octanol–water partition coefficient (Wildman–Crippen LogP) is 1.37. The summed E-state index contributed by atoms with van der Waals surface area (Å²) in [5, 5.41) is 3.15. The molecule has 0 aliphatic heterocycles. The van der Waals surface area contributed by atoms with Crippen molar-refractivity contribution in [1.82, 2.24) is 15.3 Å². The van der Waals surface area contributed by atoms with Gasteiger partial charge >= 0.3 is 0 Å². The fourth-order valence-corrected chi connectivity index (χ4v) is 1.61. The lowest BCUT2D eigenvalue weighted by Gasteiger charge is -2.24. The first-order valence-corrected chi connectivity index (χ1v) is 6.47. The number of hydrogen-bond acceptors (Lipinski definition) is 5. The van der Waals surface area contributed by atoms with Crippen LogP contribution in [-0.2, 0) is 0 Å². The first-order chi connectivity index (χ1) is 8.56. The second-order valence-electron chi connectivity index (χ2n) is 4.82. The molecule has 1 aromatic rings. The average Bonchev–Trinajstić information content (AvgIpc) is 2.38. The van der Waals surface area contributed by atoms with Gasteiger partial charge in [0.1, 0.15) is 18.0 Å². The molecule has 102 valence electrons. The molecule has 1 N–H and O–H groups in total. The summed E-state index contributed by atoms with van der Waals surface area (Å²) in [6, 6.07) is 2.47. The van der Waals surface area contributed by atoms with Crippen LogP contribution < -0.4 is 15.1 Å². The Labute approximate surface area is 110 Å². The van der Waals surface area contributed by atoms with Crippen molar-refractivity contribution in [2.75, 3.05) is 44.0 Å². The van der Waals surface area contributed by atoms with Crippen molar-refractivity contribution in [3.05, 3.63) is 12.4 Å². The highest BCUT2D eigenvalue weighted by Gasteiger charge is 2.09. The van der Waals surface area contributed by atoms with E-state index in [-0.39, 0.29) is 0 Å². The molecule has 1 aromatic heterocycles. The van der Waals surface area contributed by atoms with Crippen LogP contribution in [0.1, 0.15) is 20.3 Å². The molecule has 0 saturated carbocycles. The van der Waals surface area contributed by atoms with Gasteiger partial charge in [0.2, 0.25) is 0 Å². The zero-order chi connectivity index (χ0) is 13.5. The Morgan fingerprint density at radius 3 is 2.50 bits per heavy atom. The molecule has 0 amide bonds. The largest absolute Gasteiger partial charge is 0.359 e. The third kappa shape index (κ3) is 4.14. The second-order valence-corrected chi connectivity index (χ2v) is 4.82. The Balaban J connectivity index is 2.69. The van der Waals surface area contributed by atoms with Crippen molar-refractivity contribution in [3.63, 3.8) is 0 Å². The van der Waals surface area contributed by atoms with E-state index in [9.17, 15) is 0 Å². The first kappa shape index (κ1) is 14.7. The number of hydrogen-bond donors (Lipinski definition) is 1. The van der Waals surface area contributed by atoms with Crippen molar-refractivity contribution in [1.29, 1.82) is 0 Å². The minimum absolute atomic E-state index is 0.433. The van der Waals surface area contributed by atoms with Crippen LogP contribution in [-0.4, -0.2) is 50.2 Å². The summed E-state index contributed by atoms with van der Waals surface area (Å²) in [5.74, 6) is 1.94. The van der Waals surface area contributed by atoms with Crippen molar-refractivity contribution in [3.8, 4) is 0 Å². The Morgan fingerprint density at radius 2 is 1.89 bits per heavy atom. The zero-order valence-corrected chi connectivity index (χ0v) is 12.1. The minimum atomic E-state index is 0.433. The van der Waals surface area contributed by atoms with E-state index in [4.69, 9.17) is 0 Å². The van der Waals surface area contributed by atoms with Gasteiger partial charge in [-0.3, -0.25) is 0 Å². The number of rotatable bonds is 7. The summed E-state index contributed by atoms with van der Waals surface area (Å²) < 4.78 is 0. The monoisotopic (exact) mass is 251 g/mol. The molecule has 5 nitrogen and oxygen atoms in total. The molecule has 0 aromatic carbocycles. The van der Waals surface area contributed by atoms with Crippen molar-refractivity contribution < 1.29 is 0 Å². The molecule has 18 heavy (non-hydrogen) atoms. The molecule has 5 heteroatoms. The molecule has 0 spiro atoms. The fraction of sp³-hybridized carbons (Fsp3) is 0.692. The molecule has 1 heterocycles. The van der Waals surface area contributed by atoms with Crippen molar-refractivity contribution in [2.24, 2.45) is 0 Å². The van der Waals surface area contributed by atoms with E-state index in [0.29, 0.717) is 6.04 Å². The van der Waals surface area contributed by atoms with Gasteiger partial charge in [-0.25, -0.2) is 9.97 Å². The molecule has 0 bridgehead atoms. The first-order valence-electron chi connectivity index (χ1n) is 6.47. The van der Waals surface area contributed by atoms with Crippen LogP contribution in [0, 0.1) is 0 Å². The average molecular weight is 251 g/mol. The summed E-state index contributed by atoms with van der Waals surface area (Å²) in [6.45, 7) is 6.31. The van der Waals surface area contributed by atoms with Gasteiger partial charge in [0.25, 0.3) is 0 Å². The van der Waals surface area contributed by atoms with Crippen LogP contribution >= 0.6 is 0 Å². The maximum Gasteiger partial charge on any atom is 0.134 e. The SMILES string of the molecule is CNCCCN(C)c1cc(N(C)C(C)C)ncn1. The quantitative estimate of drug-likeness (QED) is 0.741. The third-order valence-corrected chi connectivity index (χ3v) is 3.09. The summed E-state index contributed by atoms with van der Waals surface area (Å²) in [7, 11) is 6.09. The molecule has 0 aliphatic rings. The lowest BCUT2D eigenvalue weighted by Crippen LogP contribution is -2.28. The Kier molecular flexibility index (Phi) is 5.85. The summed E-state index contributed by atoms with van der Waals surface area (Å²) >= 11 is 0. The maximum atomic E-state index is 4.33. The third-order valence-electron chi connectivity index (χ3n) is 3.09. The standard InChI is InChI=1S/C13H25N5/c1-11(2)18(5)13-9-12(15-10-16-13)17(4)8-6-7-14-3/h9-11,14H,6-8H2,1-5H3. The van der Waals surface area contributed by atoms with Gasteiger partial charge in [0.05, 0.1) is 0 Å². The molecular formula is C13H25N5. The zero-order valence-electron chi connectivity index (χ0n) is 12.1. The van der Waals surface area contributed by atoms with Crippen LogP contribution in [0.2, 0.25) is 0 Å². The summed E-state index contributed by atoms with van der Waals surface area (Å²) in [5.41, 5.74) is 0. The normalized spacial score (nSPS) is 10.8. The minimum Gasteiger partial charge on any atom is -0.359 e. The van der Waals surface area contributed by atoms with E-state index < -0.39 is 0 Å². The predicted molar refractivity (Wildman–Crippen MR) is 77.4 cm³/mol. The van der Waals surface area contributed by atoms with E-state index in [0.717, 1.165) is 31.1 Å². The molecule has 0 fully saturated rings. The van der Waals surface area contributed by atoms with E-state index in [1.165, 1.54) is 0 Å². The molecule has 0 radical (unpaired) electrons. The van der Waals surface area contributed by atoms with Crippen molar-refractivity contribution in [2.45, 2.75) is 26.3 Å². The van der Waals surface area contributed by atoms with Gasteiger partial charge in [0.15, 0.2) is 0 Å². The number of aromatic nitrogens is 2. The Bertz CT molecular complexity index is 353. The van der Waals surface area contributed by atoms with Crippen LogP contribution in [0.3, 0.4) is 0 Å². The van der Waals surface area contributed by atoms with E-state index in [2.05, 4.69) is 53.0 Å². The van der Waals surface area contributed by atoms with E-state index in [1.807, 2.05) is 13.1 Å². The number of nitrogens with one attached hydrogen (secondary N) is 1. The van der Waals surface area contributed by atoms with Crippen molar-refractivity contribution >= 4 is 11.6 Å². The highest BCUT2D eigenvalue weighted by atomic mass is 15.2. The summed E-state index contributed by atoms with van der Waals surface area (Å²) in [4.78, 5) is 13.0. The van der Waals surface area contributed by atoms with Gasteiger partial charge < -0.3 is 15.1 Å². The van der Waals surface area contributed by atoms with Gasteiger partial charge in [-0.15, -0.1) is 0 Å². The van der Waals surface area contributed by atoms with Crippen LogP contribution in [0.4, 0.5) is 11.6 Å². The summed E-state index contributed by atoms with van der Waals surface area (Å²) in [6.07, 6.45) is 2.74. The Hall–Kier alpha value is -1.36. The van der Waals surface area contributed by atoms with E-state index in [1.54, 1.807) is 6.33 Å². The molecule has 1 rings (SSSR count). The van der Waals surface area contributed by atoms with Crippen LogP contribution in [0.15, 0.2) is 12.4 Å². The van der Waals surface area contributed by atoms with E-state index >= 15 is 0 Å². The van der Waals surface area contributed by atoms with Crippen LogP contribution in [0.5, 0.6) is 0 Å². The van der Waals surface area contributed by atoms with Gasteiger partial charge in [-0.1, -0.05) is 0 Å². The smallest absolute Gasteiger partial charge is 0.134 e. The maximum absolute atomic E-state index is 4.33. The number of anilines is 2. The van der Waals surface area contributed by atoms with Gasteiger partial charge in [-0.2, -0.15) is 0 Å². The Morgan fingerprint density at radius 1 is 1.22 bits per heavy atom. The van der Waals surface area contributed by atoms with Crippen LogP contribution in [0.25, 0.3) is 0 Å². The molecule has 0 saturated heterocycles. The topological polar surface area (TPSA) is 44.3 Å².